The summed E-state index contributed by atoms with van der Waals surface area (Å²) in [6, 6.07) is 10.6. The van der Waals surface area contributed by atoms with E-state index in [1.165, 1.54) is 23.4 Å². The number of hydrogen-bond acceptors (Lipinski definition) is 11. The van der Waals surface area contributed by atoms with Crippen LogP contribution in [0.25, 0.3) is 0 Å². The zero-order chi connectivity index (χ0) is 33.6. The van der Waals surface area contributed by atoms with Crippen molar-refractivity contribution in [2.24, 2.45) is 11.8 Å². The van der Waals surface area contributed by atoms with Crippen LogP contribution in [0.15, 0.2) is 47.4 Å². The molecule has 3 N–H and O–H groups in total. The molecular formula is C32H43N3O11S. The van der Waals surface area contributed by atoms with Crippen LogP contribution >= 0.6 is 0 Å². The van der Waals surface area contributed by atoms with Crippen LogP contribution in [-0.2, 0) is 35.4 Å². The molecule has 0 aliphatic carbocycles. The fourth-order valence-corrected chi connectivity index (χ4v) is 7.36. The standard InChI is InChI=1S/C32H43N3O11S/c1-20(2)16-35(47(39,40)24-8-9-28-29(15-24)45-19-44-28)17-27(37)26(34-32(38)46-30-18-43-31-25(30)10-12-42-31)14-22-4-6-23(7-5-22)41-13-11-33-21(3)36/h4-9,15,20,25-27,30-31,37H,10-14,16-19H2,1-3H3,(H,33,36)(H,34,38)/t25-,26-,27-,30-,31+/m0/s1. The van der Waals surface area contributed by atoms with Crippen molar-refractivity contribution in [2.75, 3.05) is 46.2 Å². The van der Waals surface area contributed by atoms with Gasteiger partial charge in [0.15, 0.2) is 17.8 Å². The summed E-state index contributed by atoms with van der Waals surface area (Å²) in [6.07, 6.45) is -2.10. The molecule has 5 atom stereocenters. The van der Waals surface area contributed by atoms with Gasteiger partial charge in [-0.1, -0.05) is 26.0 Å². The molecule has 0 aromatic heterocycles. The molecule has 5 rings (SSSR count). The molecule has 2 aromatic carbocycles. The number of sulfonamides is 1. The number of rotatable bonds is 15. The van der Waals surface area contributed by atoms with Gasteiger partial charge in [-0.15, -0.1) is 0 Å². The Kier molecular flexibility index (Phi) is 11.5. The second kappa shape index (κ2) is 15.5. The molecule has 47 heavy (non-hydrogen) atoms. The van der Waals surface area contributed by atoms with Crippen LogP contribution in [-0.4, -0.2) is 101 Å². The van der Waals surface area contributed by atoms with Crippen LogP contribution in [0.1, 0.15) is 32.8 Å². The first-order chi connectivity index (χ1) is 22.5. The molecule has 0 spiro atoms. The molecular weight excluding hydrogens is 634 g/mol. The summed E-state index contributed by atoms with van der Waals surface area (Å²) in [6.45, 7) is 6.39. The quantitative estimate of drug-likeness (QED) is 0.236. The van der Waals surface area contributed by atoms with Gasteiger partial charge in [0.05, 0.1) is 42.7 Å². The Labute approximate surface area is 274 Å². The Morgan fingerprint density at radius 3 is 2.57 bits per heavy atom. The summed E-state index contributed by atoms with van der Waals surface area (Å²) in [5, 5.41) is 17.0. The van der Waals surface area contributed by atoms with E-state index in [0.717, 1.165) is 5.56 Å². The number of fused-ring (bicyclic) bond motifs is 2. The highest BCUT2D eigenvalue weighted by atomic mass is 32.2. The maximum Gasteiger partial charge on any atom is 0.407 e. The molecule has 3 heterocycles. The van der Waals surface area contributed by atoms with Crippen molar-refractivity contribution >= 4 is 22.0 Å². The number of carbonyl (C=O) groups excluding carboxylic acids is 2. The number of aliphatic hydroxyl groups is 1. The maximum atomic E-state index is 13.9. The molecule has 2 amide bonds. The maximum absolute atomic E-state index is 13.9. The SMILES string of the molecule is CC(=O)NCCOc1ccc(C[C@H](NC(=O)O[C@H]2CO[C@H]3OCC[C@H]32)[C@@H](O)CN(CC(C)C)S(=O)(=O)c2ccc3c(c2)OCO3)cc1. The number of aliphatic hydroxyl groups excluding tert-OH is 1. The predicted molar refractivity (Wildman–Crippen MR) is 167 cm³/mol. The van der Waals surface area contributed by atoms with Gasteiger partial charge in [0.1, 0.15) is 18.5 Å². The molecule has 2 fully saturated rings. The average Bonchev–Trinajstić information content (AvgIpc) is 3.78. The van der Waals surface area contributed by atoms with Gasteiger partial charge in [0, 0.05) is 26.1 Å². The van der Waals surface area contributed by atoms with E-state index in [9.17, 15) is 23.1 Å². The third-order valence-electron chi connectivity index (χ3n) is 8.08. The van der Waals surface area contributed by atoms with E-state index in [4.69, 9.17) is 28.4 Å². The second-order valence-electron chi connectivity index (χ2n) is 12.2. The highest BCUT2D eigenvalue weighted by Crippen LogP contribution is 2.35. The first-order valence-electron chi connectivity index (χ1n) is 15.7. The minimum Gasteiger partial charge on any atom is -0.492 e. The van der Waals surface area contributed by atoms with Gasteiger partial charge in [0.25, 0.3) is 0 Å². The van der Waals surface area contributed by atoms with E-state index in [-0.39, 0.29) is 62.2 Å². The van der Waals surface area contributed by atoms with Crippen LogP contribution in [0, 0.1) is 11.8 Å². The van der Waals surface area contributed by atoms with Gasteiger partial charge in [-0.2, -0.15) is 4.31 Å². The lowest BCUT2D eigenvalue weighted by Gasteiger charge is -2.31. The summed E-state index contributed by atoms with van der Waals surface area (Å²) >= 11 is 0. The average molecular weight is 678 g/mol. The smallest absolute Gasteiger partial charge is 0.407 e. The molecule has 3 aliphatic rings. The van der Waals surface area contributed by atoms with Crippen LogP contribution in [0.4, 0.5) is 4.79 Å². The highest BCUT2D eigenvalue weighted by Gasteiger charge is 2.44. The van der Waals surface area contributed by atoms with E-state index in [2.05, 4.69) is 10.6 Å². The van der Waals surface area contributed by atoms with Crippen molar-refractivity contribution in [1.29, 1.82) is 0 Å². The predicted octanol–water partition coefficient (Wildman–Crippen LogP) is 2.04. The molecule has 0 saturated carbocycles. The van der Waals surface area contributed by atoms with E-state index in [1.807, 2.05) is 13.8 Å². The van der Waals surface area contributed by atoms with Crippen molar-refractivity contribution in [2.45, 2.75) is 63.0 Å². The summed E-state index contributed by atoms with van der Waals surface area (Å²) in [5.74, 6) is 1.07. The van der Waals surface area contributed by atoms with Gasteiger partial charge < -0.3 is 44.2 Å². The van der Waals surface area contributed by atoms with E-state index in [0.29, 0.717) is 36.8 Å². The van der Waals surface area contributed by atoms with Crippen molar-refractivity contribution in [3.63, 3.8) is 0 Å². The van der Waals surface area contributed by atoms with Crippen molar-refractivity contribution in [1.82, 2.24) is 14.9 Å². The third kappa shape index (κ3) is 9.05. The number of carbonyl (C=O) groups is 2. The topological polar surface area (TPSA) is 171 Å². The lowest BCUT2D eigenvalue weighted by molar-refractivity contribution is -0.119. The normalized spacial score (nSPS) is 21.4. The number of nitrogens with one attached hydrogen (secondary N) is 2. The van der Waals surface area contributed by atoms with Gasteiger partial charge in [-0.25, -0.2) is 13.2 Å². The van der Waals surface area contributed by atoms with Crippen molar-refractivity contribution in [3.05, 3.63) is 48.0 Å². The number of alkyl carbamates (subject to hydrolysis) is 1. The van der Waals surface area contributed by atoms with Crippen LogP contribution in [0.2, 0.25) is 0 Å². The second-order valence-corrected chi connectivity index (χ2v) is 14.1. The van der Waals surface area contributed by atoms with Gasteiger partial charge >= 0.3 is 6.09 Å². The minimum atomic E-state index is -4.08. The first kappa shape index (κ1) is 34.7. The number of benzene rings is 2. The summed E-state index contributed by atoms with van der Waals surface area (Å²) < 4.78 is 62.2. The molecule has 2 saturated heterocycles. The number of hydrogen-bond donors (Lipinski definition) is 3. The highest BCUT2D eigenvalue weighted by molar-refractivity contribution is 7.89. The summed E-state index contributed by atoms with van der Waals surface area (Å²) in [5.41, 5.74) is 0.756. The Hall–Kier alpha value is -3.63. The van der Waals surface area contributed by atoms with E-state index in [1.54, 1.807) is 30.3 Å². The van der Waals surface area contributed by atoms with Gasteiger partial charge in [0.2, 0.25) is 22.7 Å². The van der Waals surface area contributed by atoms with Gasteiger partial charge in [-0.05, 0) is 48.6 Å². The van der Waals surface area contributed by atoms with Crippen molar-refractivity contribution < 1.29 is 51.5 Å². The third-order valence-corrected chi connectivity index (χ3v) is 9.90. The molecule has 258 valence electrons. The van der Waals surface area contributed by atoms with Gasteiger partial charge in [-0.3, -0.25) is 4.79 Å². The minimum absolute atomic E-state index is 0.00202. The fourth-order valence-electron chi connectivity index (χ4n) is 5.73. The monoisotopic (exact) mass is 677 g/mol. The molecule has 0 bridgehead atoms. The lowest BCUT2D eigenvalue weighted by Crippen LogP contribution is -2.51. The Morgan fingerprint density at radius 1 is 1.06 bits per heavy atom. The number of ether oxygens (including phenoxy) is 6. The molecule has 0 radical (unpaired) electrons. The summed E-state index contributed by atoms with van der Waals surface area (Å²) in [4.78, 5) is 24.3. The molecule has 0 unspecified atom stereocenters. The van der Waals surface area contributed by atoms with E-state index < -0.39 is 40.7 Å². The molecule has 15 heteroatoms. The molecule has 2 aromatic rings. The van der Waals surface area contributed by atoms with Crippen LogP contribution < -0.4 is 24.8 Å². The van der Waals surface area contributed by atoms with Crippen LogP contribution in [0.5, 0.6) is 17.2 Å². The first-order valence-corrected chi connectivity index (χ1v) is 17.2. The zero-order valence-electron chi connectivity index (χ0n) is 26.8. The number of nitrogens with zero attached hydrogens (tertiary/aromatic N) is 1. The Morgan fingerprint density at radius 2 is 1.83 bits per heavy atom. The Balaban J connectivity index is 1.31. The van der Waals surface area contributed by atoms with Crippen LogP contribution in [0.3, 0.4) is 0 Å². The largest absolute Gasteiger partial charge is 0.492 e. The lowest BCUT2D eigenvalue weighted by atomic mass is 10.0. The summed E-state index contributed by atoms with van der Waals surface area (Å²) in [7, 11) is -4.08. The molecule has 14 nitrogen and oxygen atoms in total. The molecule has 3 aliphatic heterocycles. The van der Waals surface area contributed by atoms with E-state index >= 15 is 0 Å². The number of amides is 2. The Bertz CT molecular complexity index is 1490. The van der Waals surface area contributed by atoms with Crippen molar-refractivity contribution in [3.8, 4) is 17.2 Å². The fraction of sp³-hybridized carbons (Fsp3) is 0.562. The zero-order valence-corrected chi connectivity index (χ0v) is 27.6.